The smallest absolute Gasteiger partial charge is 0.245 e. The van der Waals surface area contributed by atoms with Crippen LogP contribution in [0.15, 0.2) is 48.6 Å². The van der Waals surface area contributed by atoms with Crippen molar-refractivity contribution >= 4 is 17.9 Å². The molecule has 4 N–H and O–H groups in total. The summed E-state index contributed by atoms with van der Waals surface area (Å²) < 4.78 is 0. The molecule has 0 spiro atoms. The highest BCUT2D eigenvalue weighted by molar-refractivity contribution is 5.99. The lowest BCUT2D eigenvalue weighted by Gasteiger charge is -2.08. The Bertz CT molecular complexity index is 464. The Hall–Kier alpha value is -2.36. The predicted octanol–water partition coefficient (Wildman–Crippen LogP) is 0.843. The maximum Gasteiger partial charge on any atom is 0.245 e. The molecule has 0 radical (unpaired) electrons. The number of amides is 2. The normalized spacial score (nSPS) is 12.2. The third-order valence-corrected chi connectivity index (χ3v) is 2.28. The number of benzene rings is 1. The van der Waals surface area contributed by atoms with Crippen LogP contribution in [0.2, 0.25) is 0 Å². The summed E-state index contributed by atoms with van der Waals surface area (Å²) in [6.45, 7) is 3.46. The minimum atomic E-state index is -0.868. The van der Waals surface area contributed by atoms with Crippen molar-refractivity contribution < 1.29 is 9.59 Å². The second-order valence-corrected chi connectivity index (χ2v) is 3.54. The molecule has 0 saturated heterocycles. The van der Waals surface area contributed by atoms with Gasteiger partial charge in [0.15, 0.2) is 0 Å². The van der Waals surface area contributed by atoms with Gasteiger partial charge in [-0.25, -0.2) is 0 Å². The van der Waals surface area contributed by atoms with Crippen LogP contribution in [0.4, 0.5) is 0 Å². The molecule has 1 rings (SSSR count). The van der Waals surface area contributed by atoms with E-state index in [0.29, 0.717) is 0 Å². The number of rotatable bonds is 5. The summed E-state index contributed by atoms with van der Waals surface area (Å²) in [7, 11) is 0. The third-order valence-electron chi connectivity index (χ3n) is 2.28. The fraction of sp³-hybridized carbons (Fsp3) is 0.0769. The minimum absolute atomic E-state index is 0.00955. The molecule has 17 heavy (non-hydrogen) atoms. The SMILES string of the molecule is C=C(C(N)=O)C(C=Cc1ccccc1)C(N)=O. The molecule has 1 aromatic carbocycles. The summed E-state index contributed by atoms with van der Waals surface area (Å²) in [5.74, 6) is -2.25. The molecule has 1 unspecified atom stereocenters. The van der Waals surface area contributed by atoms with Gasteiger partial charge in [-0.3, -0.25) is 9.59 Å². The quantitative estimate of drug-likeness (QED) is 0.734. The van der Waals surface area contributed by atoms with Crippen molar-refractivity contribution in [3.63, 3.8) is 0 Å². The Morgan fingerprint density at radius 2 is 1.76 bits per heavy atom. The molecule has 4 nitrogen and oxygen atoms in total. The average Bonchev–Trinajstić information content (AvgIpc) is 2.29. The molecule has 0 bridgehead atoms. The number of carbonyl (C=O) groups excluding carboxylic acids is 2. The van der Waals surface area contributed by atoms with E-state index in [4.69, 9.17) is 11.5 Å². The molecule has 88 valence electrons. The zero-order chi connectivity index (χ0) is 12.8. The van der Waals surface area contributed by atoms with Gasteiger partial charge in [0.05, 0.1) is 5.92 Å². The summed E-state index contributed by atoms with van der Waals surface area (Å²) in [5, 5.41) is 0. The monoisotopic (exact) mass is 230 g/mol. The van der Waals surface area contributed by atoms with Crippen molar-refractivity contribution in [1.82, 2.24) is 0 Å². The molecule has 0 aliphatic carbocycles. The highest BCUT2D eigenvalue weighted by Crippen LogP contribution is 2.12. The van der Waals surface area contributed by atoms with Crippen molar-refractivity contribution in [2.24, 2.45) is 17.4 Å². The largest absolute Gasteiger partial charge is 0.369 e. The van der Waals surface area contributed by atoms with E-state index >= 15 is 0 Å². The van der Waals surface area contributed by atoms with Crippen molar-refractivity contribution in [1.29, 1.82) is 0 Å². The Labute approximate surface area is 99.6 Å². The molecule has 0 fully saturated rings. The van der Waals surface area contributed by atoms with Gasteiger partial charge in [0.2, 0.25) is 11.8 Å². The van der Waals surface area contributed by atoms with E-state index in [2.05, 4.69) is 6.58 Å². The van der Waals surface area contributed by atoms with Crippen LogP contribution in [0.5, 0.6) is 0 Å². The lowest BCUT2D eigenvalue weighted by molar-refractivity contribution is -0.122. The van der Waals surface area contributed by atoms with E-state index < -0.39 is 17.7 Å². The van der Waals surface area contributed by atoms with Crippen molar-refractivity contribution in [3.05, 3.63) is 54.1 Å². The molecule has 0 aliphatic heterocycles. The fourth-order valence-corrected chi connectivity index (χ4v) is 1.31. The number of carbonyl (C=O) groups is 2. The van der Waals surface area contributed by atoms with Gasteiger partial charge in [-0.2, -0.15) is 0 Å². The van der Waals surface area contributed by atoms with Gasteiger partial charge >= 0.3 is 0 Å². The standard InChI is InChI=1S/C13H14N2O2/c1-9(12(14)16)11(13(15)17)8-7-10-5-3-2-4-6-10/h2-8,11H,1H2,(H2,14,16)(H2,15,17). The van der Waals surface area contributed by atoms with Crippen LogP contribution >= 0.6 is 0 Å². The maximum atomic E-state index is 11.2. The van der Waals surface area contributed by atoms with Gasteiger partial charge in [0.25, 0.3) is 0 Å². The van der Waals surface area contributed by atoms with Crippen LogP contribution in [0.3, 0.4) is 0 Å². The van der Waals surface area contributed by atoms with Crippen molar-refractivity contribution in [2.75, 3.05) is 0 Å². The van der Waals surface area contributed by atoms with E-state index in [0.717, 1.165) is 5.56 Å². The minimum Gasteiger partial charge on any atom is -0.369 e. The highest BCUT2D eigenvalue weighted by Gasteiger charge is 2.19. The lowest BCUT2D eigenvalue weighted by atomic mass is 9.98. The number of hydrogen-bond donors (Lipinski definition) is 2. The first kappa shape index (κ1) is 12.7. The maximum absolute atomic E-state index is 11.2. The van der Waals surface area contributed by atoms with E-state index in [-0.39, 0.29) is 5.57 Å². The molecular weight excluding hydrogens is 216 g/mol. The molecule has 0 aliphatic rings. The Kier molecular flexibility index (Phi) is 4.22. The van der Waals surface area contributed by atoms with Crippen molar-refractivity contribution in [3.8, 4) is 0 Å². The summed E-state index contributed by atoms with van der Waals surface area (Å²) in [6, 6.07) is 9.33. The molecule has 0 heterocycles. The fourth-order valence-electron chi connectivity index (χ4n) is 1.31. The van der Waals surface area contributed by atoms with Crippen LogP contribution in [0, 0.1) is 5.92 Å². The van der Waals surface area contributed by atoms with Gasteiger partial charge in [-0.1, -0.05) is 49.1 Å². The van der Waals surface area contributed by atoms with E-state index in [1.54, 1.807) is 6.08 Å². The first-order valence-corrected chi connectivity index (χ1v) is 5.03. The molecule has 1 aromatic rings. The second-order valence-electron chi connectivity index (χ2n) is 3.54. The predicted molar refractivity (Wildman–Crippen MR) is 66.5 cm³/mol. The Balaban J connectivity index is 2.89. The van der Waals surface area contributed by atoms with Gasteiger partial charge in [-0.15, -0.1) is 0 Å². The summed E-state index contributed by atoms with van der Waals surface area (Å²) >= 11 is 0. The number of primary amides is 2. The highest BCUT2D eigenvalue weighted by atomic mass is 16.2. The van der Waals surface area contributed by atoms with Crippen LogP contribution in [-0.2, 0) is 9.59 Å². The molecule has 1 atom stereocenters. The first-order valence-electron chi connectivity index (χ1n) is 5.03. The topological polar surface area (TPSA) is 86.2 Å². The Morgan fingerprint density at radius 1 is 1.18 bits per heavy atom. The zero-order valence-electron chi connectivity index (χ0n) is 9.30. The number of nitrogens with two attached hydrogens (primary N) is 2. The summed E-state index contributed by atoms with van der Waals surface area (Å²) in [4.78, 5) is 22.1. The lowest BCUT2D eigenvalue weighted by Crippen LogP contribution is -2.29. The van der Waals surface area contributed by atoms with Crippen LogP contribution in [0.25, 0.3) is 6.08 Å². The molecule has 4 heteroatoms. The van der Waals surface area contributed by atoms with Gasteiger partial charge in [0.1, 0.15) is 0 Å². The van der Waals surface area contributed by atoms with Crippen molar-refractivity contribution in [2.45, 2.75) is 0 Å². The molecule has 0 aromatic heterocycles. The Morgan fingerprint density at radius 3 is 2.24 bits per heavy atom. The first-order chi connectivity index (χ1) is 8.02. The van der Waals surface area contributed by atoms with Crippen LogP contribution in [0.1, 0.15) is 5.56 Å². The second kappa shape index (κ2) is 5.65. The number of hydrogen-bond acceptors (Lipinski definition) is 2. The van der Waals surface area contributed by atoms with Gasteiger partial charge in [0, 0.05) is 5.57 Å². The van der Waals surface area contributed by atoms with Gasteiger partial charge in [-0.05, 0) is 5.56 Å². The molecule has 0 saturated carbocycles. The molecule has 2 amide bonds. The summed E-state index contributed by atoms with van der Waals surface area (Å²) in [6.07, 6.45) is 3.22. The third kappa shape index (κ3) is 3.61. The van der Waals surface area contributed by atoms with E-state index in [1.165, 1.54) is 6.08 Å². The van der Waals surface area contributed by atoms with Gasteiger partial charge < -0.3 is 11.5 Å². The van der Waals surface area contributed by atoms with E-state index in [1.807, 2.05) is 30.3 Å². The van der Waals surface area contributed by atoms with Crippen LogP contribution in [-0.4, -0.2) is 11.8 Å². The van der Waals surface area contributed by atoms with E-state index in [9.17, 15) is 9.59 Å². The average molecular weight is 230 g/mol. The summed E-state index contributed by atoms with van der Waals surface area (Å²) in [5.41, 5.74) is 11.1. The molecular formula is C13H14N2O2. The van der Waals surface area contributed by atoms with Crippen LogP contribution < -0.4 is 11.5 Å². The zero-order valence-corrected chi connectivity index (χ0v) is 9.30.